The average molecular weight is 395 g/mol. The van der Waals surface area contributed by atoms with Crippen molar-refractivity contribution in [2.45, 2.75) is 19.8 Å². The van der Waals surface area contributed by atoms with E-state index >= 15 is 0 Å². The molecule has 0 atom stereocenters. The third kappa shape index (κ3) is 6.44. The summed E-state index contributed by atoms with van der Waals surface area (Å²) in [7, 11) is -3.40. The van der Waals surface area contributed by atoms with E-state index in [1.807, 2.05) is 49.4 Å². The predicted molar refractivity (Wildman–Crippen MR) is 106 cm³/mol. The summed E-state index contributed by atoms with van der Waals surface area (Å²) in [6.45, 7) is 2.34. The van der Waals surface area contributed by atoms with Crippen LogP contribution in [0.15, 0.2) is 48.5 Å². The van der Waals surface area contributed by atoms with E-state index in [-0.39, 0.29) is 18.9 Å². The Morgan fingerprint density at radius 3 is 2.50 bits per heavy atom. The molecule has 0 heterocycles. The van der Waals surface area contributed by atoms with Crippen LogP contribution in [0.25, 0.3) is 0 Å². The fourth-order valence-electron chi connectivity index (χ4n) is 2.54. The first-order chi connectivity index (χ1) is 12.3. The van der Waals surface area contributed by atoms with Crippen LogP contribution in [0, 0.1) is 6.92 Å². The highest BCUT2D eigenvalue weighted by atomic mass is 35.5. The number of hydrogen-bond donors (Lipinski definition) is 1. The van der Waals surface area contributed by atoms with E-state index in [1.165, 1.54) is 4.31 Å². The van der Waals surface area contributed by atoms with Crippen molar-refractivity contribution in [2.24, 2.45) is 0 Å². The monoisotopic (exact) mass is 394 g/mol. The van der Waals surface area contributed by atoms with Gasteiger partial charge in [-0.25, -0.2) is 12.7 Å². The van der Waals surface area contributed by atoms with Crippen LogP contribution in [0.4, 0.5) is 5.69 Å². The Hall–Kier alpha value is -1.89. The Morgan fingerprint density at radius 2 is 1.85 bits per heavy atom. The molecule has 0 aliphatic heterocycles. The van der Waals surface area contributed by atoms with Gasteiger partial charge in [-0.15, -0.1) is 0 Å². The summed E-state index contributed by atoms with van der Waals surface area (Å²) < 4.78 is 25.4. The topological polar surface area (TPSA) is 66.5 Å². The largest absolute Gasteiger partial charge is 0.326 e. The Kier molecular flexibility index (Phi) is 7.20. The van der Waals surface area contributed by atoms with Gasteiger partial charge in [-0.3, -0.25) is 4.79 Å². The van der Waals surface area contributed by atoms with Crippen LogP contribution in [-0.4, -0.2) is 38.0 Å². The number of benzene rings is 2. The molecule has 0 saturated heterocycles. The molecule has 1 N–H and O–H groups in total. The zero-order valence-electron chi connectivity index (χ0n) is 14.9. The van der Waals surface area contributed by atoms with Gasteiger partial charge in [0.2, 0.25) is 15.9 Å². The van der Waals surface area contributed by atoms with Crippen LogP contribution in [0.2, 0.25) is 5.02 Å². The van der Waals surface area contributed by atoms with Crippen LogP contribution in [-0.2, 0) is 21.2 Å². The standard InChI is InChI=1S/C19H23ClN2O3S/c1-15-6-3-4-9-18(15)21-19(23)11-13-22(26(2,24)25)12-10-16-7-5-8-17(20)14-16/h3-9,14H,10-13H2,1-2H3,(H,21,23). The minimum Gasteiger partial charge on any atom is -0.326 e. The van der Waals surface area contributed by atoms with E-state index in [2.05, 4.69) is 5.32 Å². The molecule has 0 aromatic heterocycles. The summed E-state index contributed by atoms with van der Waals surface area (Å²) >= 11 is 5.96. The number of nitrogens with one attached hydrogen (secondary N) is 1. The third-order valence-electron chi connectivity index (χ3n) is 4.02. The lowest BCUT2D eigenvalue weighted by molar-refractivity contribution is -0.116. The number of aryl methyl sites for hydroxylation is 1. The molecule has 7 heteroatoms. The van der Waals surface area contributed by atoms with E-state index in [1.54, 1.807) is 6.07 Å². The molecule has 0 saturated carbocycles. The Morgan fingerprint density at radius 1 is 1.12 bits per heavy atom. The van der Waals surface area contributed by atoms with E-state index in [0.29, 0.717) is 18.0 Å². The van der Waals surface area contributed by atoms with Crippen LogP contribution in [0.3, 0.4) is 0 Å². The molecule has 5 nitrogen and oxygen atoms in total. The molecule has 0 unspecified atom stereocenters. The van der Waals surface area contributed by atoms with Crippen molar-refractivity contribution < 1.29 is 13.2 Å². The van der Waals surface area contributed by atoms with E-state index in [4.69, 9.17) is 11.6 Å². The number of amides is 1. The maximum atomic E-state index is 12.2. The van der Waals surface area contributed by atoms with Gasteiger partial charge in [0.05, 0.1) is 6.26 Å². The van der Waals surface area contributed by atoms with Crippen LogP contribution in [0.5, 0.6) is 0 Å². The highest BCUT2D eigenvalue weighted by Crippen LogP contribution is 2.14. The van der Waals surface area contributed by atoms with Gasteiger partial charge in [0.1, 0.15) is 0 Å². The van der Waals surface area contributed by atoms with Crippen molar-refractivity contribution in [1.29, 1.82) is 0 Å². The second kappa shape index (κ2) is 9.16. The van der Waals surface area contributed by atoms with Crippen molar-refractivity contribution in [2.75, 3.05) is 24.7 Å². The lowest BCUT2D eigenvalue weighted by Crippen LogP contribution is -2.34. The Bertz CT molecular complexity index is 869. The van der Waals surface area contributed by atoms with Gasteiger partial charge in [-0.1, -0.05) is 41.9 Å². The van der Waals surface area contributed by atoms with Crippen molar-refractivity contribution in [3.05, 3.63) is 64.7 Å². The number of anilines is 1. The minimum absolute atomic E-state index is 0.0942. The van der Waals surface area contributed by atoms with Gasteiger partial charge in [0.25, 0.3) is 0 Å². The lowest BCUT2D eigenvalue weighted by Gasteiger charge is -2.20. The predicted octanol–water partition coefficient (Wildman–Crippen LogP) is 3.48. The second-order valence-corrected chi connectivity index (χ2v) is 8.57. The zero-order valence-corrected chi connectivity index (χ0v) is 16.5. The van der Waals surface area contributed by atoms with E-state index in [0.717, 1.165) is 23.1 Å². The third-order valence-corrected chi connectivity index (χ3v) is 5.55. The molecule has 0 spiro atoms. The highest BCUT2D eigenvalue weighted by Gasteiger charge is 2.18. The van der Waals surface area contributed by atoms with Gasteiger partial charge in [-0.05, 0) is 42.7 Å². The molecule has 0 aliphatic carbocycles. The zero-order chi connectivity index (χ0) is 19.2. The van der Waals surface area contributed by atoms with Crippen LogP contribution < -0.4 is 5.32 Å². The molecule has 26 heavy (non-hydrogen) atoms. The van der Waals surface area contributed by atoms with Crippen molar-refractivity contribution in [1.82, 2.24) is 4.31 Å². The molecule has 1 amide bonds. The maximum Gasteiger partial charge on any atom is 0.225 e. The number of nitrogens with zero attached hydrogens (tertiary/aromatic N) is 1. The van der Waals surface area contributed by atoms with E-state index in [9.17, 15) is 13.2 Å². The average Bonchev–Trinajstić information content (AvgIpc) is 2.56. The quantitative estimate of drug-likeness (QED) is 0.745. The molecule has 140 valence electrons. The first-order valence-electron chi connectivity index (χ1n) is 8.31. The van der Waals surface area contributed by atoms with Gasteiger partial charge >= 0.3 is 0 Å². The smallest absolute Gasteiger partial charge is 0.225 e. The van der Waals surface area contributed by atoms with E-state index < -0.39 is 10.0 Å². The maximum absolute atomic E-state index is 12.2. The number of rotatable bonds is 8. The minimum atomic E-state index is -3.40. The molecule has 2 rings (SSSR count). The Labute approximate surface area is 160 Å². The summed E-state index contributed by atoms with van der Waals surface area (Å²) in [6.07, 6.45) is 1.79. The SMILES string of the molecule is Cc1ccccc1NC(=O)CCN(CCc1cccc(Cl)c1)S(C)(=O)=O. The summed E-state index contributed by atoms with van der Waals surface area (Å²) in [6, 6.07) is 14.8. The fraction of sp³-hybridized carbons (Fsp3) is 0.316. The van der Waals surface area contributed by atoms with Crippen LogP contribution in [0.1, 0.15) is 17.5 Å². The number of para-hydroxylation sites is 1. The summed E-state index contributed by atoms with van der Waals surface area (Å²) in [4.78, 5) is 12.2. The van der Waals surface area contributed by atoms with Crippen molar-refractivity contribution in [3.8, 4) is 0 Å². The fourth-order valence-corrected chi connectivity index (χ4v) is 3.60. The number of hydrogen-bond acceptors (Lipinski definition) is 3. The summed E-state index contributed by atoms with van der Waals surface area (Å²) in [5.74, 6) is -0.212. The van der Waals surface area contributed by atoms with Gasteiger partial charge in [-0.2, -0.15) is 0 Å². The molecule has 0 radical (unpaired) electrons. The normalized spacial score (nSPS) is 11.5. The second-order valence-electron chi connectivity index (χ2n) is 6.16. The molecule has 2 aromatic rings. The molecule has 0 aliphatic rings. The summed E-state index contributed by atoms with van der Waals surface area (Å²) in [5.41, 5.74) is 2.65. The van der Waals surface area contributed by atoms with Crippen molar-refractivity contribution in [3.63, 3.8) is 0 Å². The van der Waals surface area contributed by atoms with Gasteiger partial charge < -0.3 is 5.32 Å². The van der Waals surface area contributed by atoms with Gasteiger partial charge in [0, 0.05) is 30.2 Å². The lowest BCUT2D eigenvalue weighted by atomic mass is 10.1. The molecule has 2 aromatic carbocycles. The van der Waals surface area contributed by atoms with Crippen LogP contribution >= 0.6 is 11.6 Å². The molecule has 0 bridgehead atoms. The van der Waals surface area contributed by atoms with Crippen molar-refractivity contribution >= 4 is 33.2 Å². The molecule has 0 fully saturated rings. The highest BCUT2D eigenvalue weighted by molar-refractivity contribution is 7.88. The molecular formula is C19H23ClN2O3S. The molecular weight excluding hydrogens is 372 g/mol. The number of halogens is 1. The summed E-state index contributed by atoms with van der Waals surface area (Å²) in [5, 5.41) is 3.44. The van der Waals surface area contributed by atoms with Gasteiger partial charge in [0.15, 0.2) is 0 Å². The first-order valence-corrected chi connectivity index (χ1v) is 10.5. The Balaban J connectivity index is 1.93. The number of carbonyl (C=O) groups excluding carboxylic acids is 1. The number of carbonyl (C=O) groups is 1. The number of sulfonamides is 1. The first kappa shape index (κ1) is 20.4.